The number of hydrogen-bond acceptors (Lipinski definition) is 9. The van der Waals surface area contributed by atoms with E-state index in [0.29, 0.717) is 6.26 Å². The first kappa shape index (κ1) is 23.0. The van der Waals surface area contributed by atoms with Gasteiger partial charge in [0.15, 0.2) is 19.8 Å². The standard InChI is InChI=1S/C16H16O9S/c1-5-8-22-13(17)11-16(25-26(4,20)21,15(19)24-10-7-3)12-14(18)23-9-6-2/h1-3H,8-12H2,4H3. The molecular weight excluding hydrogens is 368 g/mol. The third-order valence-corrected chi connectivity index (χ3v) is 3.08. The van der Waals surface area contributed by atoms with E-state index in [-0.39, 0.29) is 0 Å². The van der Waals surface area contributed by atoms with Crippen LogP contribution < -0.4 is 0 Å². The first-order chi connectivity index (χ1) is 12.1. The molecule has 0 aliphatic carbocycles. The van der Waals surface area contributed by atoms with Crippen LogP contribution in [0.25, 0.3) is 0 Å². The van der Waals surface area contributed by atoms with Gasteiger partial charge in [-0.05, 0) is 0 Å². The van der Waals surface area contributed by atoms with E-state index in [9.17, 15) is 22.8 Å². The molecule has 0 amide bonds. The Balaban J connectivity index is 5.82. The molecule has 0 atom stereocenters. The summed E-state index contributed by atoms with van der Waals surface area (Å²) in [7, 11) is -4.33. The summed E-state index contributed by atoms with van der Waals surface area (Å²) >= 11 is 0. The van der Waals surface area contributed by atoms with Gasteiger partial charge < -0.3 is 14.2 Å². The minimum absolute atomic E-state index is 0.450. The van der Waals surface area contributed by atoms with Gasteiger partial charge in [0.2, 0.25) is 5.60 Å². The number of terminal acetylenes is 3. The molecule has 0 bridgehead atoms. The summed E-state index contributed by atoms with van der Waals surface area (Å²) in [6, 6.07) is 0. The summed E-state index contributed by atoms with van der Waals surface area (Å²) in [6.07, 6.45) is 13.5. The van der Waals surface area contributed by atoms with E-state index in [1.165, 1.54) is 0 Å². The second-order valence-electron chi connectivity index (χ2n) is 4.65. The molecule has 0 aromatic rings. The Morgan fingerprint density at radius 3 is 1.58 bits per heavy atom. The minimum Gasteiger partial charge on any atom is -0.452 e. The maximum absolute atomic E-state index is 12.3. The molecule has 0 radical (unpaired) electrons. The first-order valence-corrected chi connectivity index (χ1v) is 8.61. The number of ether oxygens (including phenoxy) is 3. The van der Waals surface area contributed by atoms with Gasteiger partial charge in [-0.3, -0.25) is 13.8 Å². The average Bonchev–Trinajstić information content (AvgIpc) is 2.54. The molecule has 26 heavy (non-hydrogen) atoms. The van der Waals surface area contributed by atoms with E-state index in [0.717, 1.165) is 0 Å². The van der Waals surface area contributed by atoms with Gasteiger partial charge in [0.25, 0.3) is 10.1 Å². The average molecular weight is 384 g/mol. The molecule has 0 aromatic carbocycles. The molecule has 0 rings (SSSR count). The van der Waals surface area contributed by atoms with Gasteiger partial charge in [0, 0.05) is 0 Å². The minimum atomic E-state index is -4.33. The summed E-state index contributed by atoms with van der Waals surface area (Å²) in [5.41, 5.74) is -2.60. The van der Waals surface area contributed by atoms with Gasteiger partial charge in [-0.15, -0.1) is 19.3 Å². The van der Waals surface area contributed by atoms with E-state index in [1.54, 1.807) is 0 Å². The summed E-state index contributed by atoms with van der Waals surface area (Å²) in [5, 5.41) is 0. The number of esters is 3. The quantitative estimate of drug-likeness (QED) is 0.202. The lowest BCUT2D eigenvalue weighted by molar-refractivity contribution is -0.172. The second-order valence-corrected chi connectivity index (χ2v) is 6.22. The highest BCUT2D eigenvalue weighted by Gasteiger charge is 2.49. The van der Waals surface area contributed by atoms with Crippen LogP contribution in [-0.2, 0) is 42.9 Å². The zero-order valence-electron chi connectivity index (χ0n) is 13.9. The topological polar surface area (TPSA) is 122 Å². The molecule has 0 aliphatic heterocycles. The smallest absolute Gasteiger partial charge is 0.342 e. The normalized spacial score (nSPS) is 10.5. The van der Waals surface area contributed by atoms with Crippen LogP contribution in [0.1, 0.15) is 12.8 Å². The van der Waals surface area contributed by atoms with E-state index >= 15 is 0 Å². The number of rotatable bonds is 10. The van der Waals surface area contributed by atoms with Gasteiger partial charge >= 0.3 is 17.9 Å². The fourth-order valence-electron chi connectivity index (χ4n) is 1.64. The molecule has 0 fully saturated rings. The Bertz CT molecular complexity index is 727. The van der Waals surface area contributed by atoms with Gasteiger partial charge in [-0.25, -0.2) is 4.79 Å². The van der Waals surface area contributed by atoms with Gasteiger partial charge in [-0.1, -0.05) is 17.8 Å². The fourth-order valence-corrected chi connectivity index (χ4v) is 2.41. The molecule has 0 saturated heterocycles. The SMILES string of the molecule is C#CCOC(=O)CC(CC(=O)OCC#C)(OS(C)(=O)=O)C(=O)OCC#C. The van der Waals surface area contributed by atoms with E-state index < -0.39 is 66.3 Å². The predicted octanol–water partition coefficient (Wildman–Crippen LogP) is -0.989. The van der Waals surface area contributed by atoms with Crippen LogP contribution in [0, 0.1) is 37.0 Å². The molecule has 140 valence electrons. The highest BCUT2D eigenvalue weighted by atomic mass is 32.2. The summed E-state index contributed by atoms with van der Waals surface area (Å²) in [5.74, 6) is 2.38. The van der Waals surface area contributed by atoms with Crippen molar-refractivity contribution in [2.24, 2.45) is 0 Å². The van der Waals surface area contributed by atoms with Crippen molar-refractivity contribution >= 4 is 28.0 Å². The predicted molar refractivity (Wildman–Crippen MR) is 87.3 cm³/mol. The van der Waals surface area contributed by atoms with Crippen molar-refractivity contribution in [1.82, 2.24) is 0 Å². The zero-order chi connectivity index (χ0) is 20.2. The summed E-state index contributed by atoms with van der Waals surface area (Å²) in [4.78, 5) is 36.0. The molecule has 0 saturated carbocycles. The van der Waals surface area contributed by atoms with E-state index in [1.807, 2.05) is 17.8 Å². The fraction of sp³-hybridized carbons (Fsp3) is 0.438. The van der Waals surface area contributed by atoms with Crippen LogP contribution in [0.15, 0.2) is 0 Å². The van der Waals surface area contributed by atoms with Crippen molar-refractivity contribution in [3.05, 3.63) is 0 Å². The number of hydrogen-bond donors (Lipinski definition) is 0. The van der Waals surface area contributed by atoms with Crippen molar-refractivity contribution in [1.29, 1.82) is 0 Å². The molecule has 0 N–H and O–H groups in total. The van der Waals surface area contributed by atoms with Crippen LogP contribution in [0.2, 0.25) is 0 Å². The first-order valence-electron chi connectivity index (χ1n) is 6.79. The van der Waals surface area contributed by atoms with Crippen LogP contribution >= 0.6 is 0 Å². The summed E-state index contributed by atoms with van der Waals surface area (Å²) in [6.45, 7) is -1.46. The molecule has 0 aliphatic rings. The molecule has 0 heterocycles. The molecular formula is C16H16O9S. The largest absolute Gasteiger partial charge is 0.452 e. The lowest BCUT2D eigenvalue weighted by Crippen LogP contribution is -2.48. The molecule has 0 aromatic heterocycles. The Hall–Kier alpha value is -3.00. The third kappa shape index (κ3) is 8.74. The van der Waals surface area contributed by atoms with Crippen LogP contribution in [0.5, 0.6) is 0 Å². The Morgan fingerprint density at radius 1 is 0.846 bits per heavy atom. The highest BCUT2D eigenvalue weighted by Crippen LogP contribution is 2.27. The van der Waals surface area contributed by atoms with Crippen molar-refractivity contribution in [3.63, 3.8) is 0 Å². The Morgan fingerprint density at radius 2 is 1.23 bits per heavy atom. The lowest BCUT2D eigenvalue weighted by atomic mass is 9.95. The monoisotopic (exact) mass is 384 g/mol. The van der Waals surface area contributed by atoms with Gasteiger partial charge in [0.05, 0.1) is 19.1 Å². The second kappa shape index (κ2) is 10.8. The lowest BCUT2D eigenvalue weighted by Gasteiger charge is -2.28. The number of carbonyl (C=O) groups excluding carboxylic acids is 3. The van der Waals surface area contributed by atoms with E-state index in [4.69, 9.17) is 23.5 Å². The van der Waals surface area contributed by atoms with Crippen molar-refractivity contribution in [3.8, 4) is 37.0 Å². The molecule has 0 spiro atoms. The van der Waals surface area contributed by atoms with Gasteiger partial charge in [0.1, 0.15) is 0 Å². The Labute approximate surface area is 151 Å². The van der Waals surface area contributed by atoms with Crippen molar-refractivity contribution < 1.29 is 41.2 Å². The highest BCUT2D eigenvalue weighted by molar-refractivity contribution is 7.86. The van der Waals surface area contributed by atoms with Gasteiger partial charge in [-0.2, -0.15) is 8.42 Å². The molecule has 10 heteroatoms. The Kier molecular flexibility index (Phi) is 9.54. The van der Waals surface area contributed by atoms with Crippen LogP contribution in [0.3, 0.4) is 0 Å². The van der Waals surface area contributed by atoms with Crippen LogP contribution in [-0.4, -0.2) is 58.0 Å². The molecule has 0 unspecified atom stereocenters. The maximum Gasteiger partial charge on any atom is 0.342 e. The molecule has 9 nitrogen and oxygen atoms in total. The third-order valence-electron chi connectivity index (χ3n) is 2.46. The summed E-state index contributed by atoms with van der Waals surface area (Å²) < 4.78 is 41.7. The van der Waals surface area contributed by atoms with Crippen molar-refractivity contribution in [2.75, 3.05) is 26.1 Å². The number of carbonyl (C=O) groups is 3. The van der Waals surface area contributed by atoms with E-state index in [2.05, 4.69) is 14.2 Å². The van der Waals surface area contributed by atoms with Crippen LogP contribution in [0.4, 0.5) is 0 Å². The maximum atomic E-state index is 12.3. The van der Waals surface area contributed by atoms with Crippen molar-refractivity contribution in [2.45, 2.75) is 18.4 Å². The zero-order valence-corrected chi connectivity index (χ0v) is 14.7.